The summed E-state index contributed by atoms with van der Waals surface area (Å²) in [6.07, 6.45) is -0.149. The summed E-state index contributed by atoms with van der Waals surface area (Å²) in [7, 11) is 1.60. The second kappa shape index (κ2) is 10.5. The molecule has 0 bridgehead atoms. The number of aryl methyl sites for hydroxylation is 1. The maximum atomic E-state index is 12.8. The fourth-order valence-electron chi connectivity index (χ4n) is 4.05. The van der Waals surface area contributed by atoms with Crippen molar-refractivity contribution >= 4 is 17.5 Å². The zero-order valence-electron chi connectivity index (χ0n) is 20.0. The second-order valence-corrected chi connectivity index (χ2v) is 8.18. The van der Waals surface area contributed by atoms with Gasteiger partial charge in [-0.05, 0) is 62.4 Å². The molecule has 0 aliphatic carbocycles. The molecule has 8 heteroatoms. The van der Waals surface area contributed by atoms with E-state index in [2.05, 4.69) is 0 Å². The Hall–Kier alpha value is -4.07. The van der Waals surface area contributed by atoms with Crippen molar-refractivity contribution in [3.63, 3.8) is 0 Å². The van der Waals surface area contributed by atoms with E-state index in [-0.39, 0.29) is 31.0 Å². The highest BCUT2D eigenvalue weighted by molar-refractivity contribution is 6.00. The largest absolute Gasteiger partial charge is 0.497 e. The topological polar surface area (TPSA) is 93.1 Å². The van der Waals surface area contributed by atoms with Gasteiger partial charge >= 0.3 is 5.97 Å². The summed E-state index contributed by atoms with van der Waals surface area (Å²) in [5.74, 6) is 0.734. The van der Waals surface area contributed by atoms with Crippen molar-refractivity contribution in [1.29, 1.82) is 0 Å². The van der Waals surface area contributed by atoms with Crippen molar-refractivity contribution in [2.75, 3.05) is 26.9 Å². The molecule has 0 amide bonds. The third-order valence-electron chi connectivity index (χ3n) is 5.85. The third kappa shape index (κ3) is 5.37. The summed E-state index contributed by atoms with van der Waals surface area (Å²) in [4.78, 5) is 37.4. The van der Waals surface area contributed by atoms with Gasteiger partial charge in [0.1, 0.15) is 19.0 Å². The van der Waals surface area contributed by atoms with Gasteiger partial charge in [-0.1, -0.05) is 0 Å². The molecule has 1 aliphatic rings. The van der Waals surface area contributed by atoms with Crippen molar-refractivity contribution < 1.29 is 33.3 Å². The van der Waals surface area contributed by atoms with E-state index in [9.17, 15) is 14.4 Å². The van der Waals surface area contributed by atoms with Crippen molar-refractivity contribution in [3.05, 3.63) is 71.0 Å². The molecule has 0 atom stereocenters. The number of Topliss-reactive ketones (excluding diaryl/α,β-unsaturated/α-hetero) is 2. The molecule has 0 fully saturated rings. The number of ether oxygens (including phenoxy) is 4. The number of methoxy groups -OCH3 is 1. The molecule has 0 N–H and O–H groups in total. The number of aromatic nitrogens is 1. The van der Waals surface area contributed by atoms with Crippen LogP contribution in [0.3, 0.4) is 0 Å². The van der Waals surface area contributed by atoms with Gasteiger partial charge in [-0.3, -0.25) is 14.4 Å². The Bertz CT molecular complexity index is 1260. The van der Waals surface area contributed by atoms with Gasteiger partial charge in [-0.15, -0.1) is 0 Å². The minimum atomic E-state index is -0.604. The zero-order valence-corrected chi connectivity index (χ0v) is 20.0. The normalized spacial score (nSPS) is 12.2. The number of esters is 1. The maximum Gasteiger partial charge on any atom is 0.306 e. The highest BCUT2D eigenvalue weighted by atomic mass is 16.6. The molecule has 1 aromatic heterocycles. The molecule has 2 heterocycles. The van der Waals surface area contributed by atoms with Crippen LogP contribution in [-0.4, -0.2) is 49.0 Å². The molecular formula is C27H27NO7. The number of nitrogens with zero attached hydrogens (tertiary/aromatic N) is 1. The van der Waals surface area contributed by atoms with E-state index >= 15 is 0 Å². The Kier molecular flexibility index (Phi) is 7.19. The van der Waals surface area contributed by atoms with Crippen LogP contribution in [0.1, 0.15) is 44.9 Å². The first kappa shape index (κ1) is 24.1. The SMILES string of the molecule is COc1ccc(-n2c(C)cc(C(=O)COC(=O)CCC(=O)c3ccc4c(c3)OCCO4)c2C)cc1. The molecule has 0 unspecified atom stereocenters. The average Bonchev–Trinajstić information content (AvgIpc) is 3.19. The summed E-state index contributed by atoms with van der Waals surface area (Å²) >= 11 is 0. The number of carbonyl (C=O) groups is 3. The summed E-state index contributed by atoms with van der Waals surface area (Å²) in [6.45, 7) is 4.26. The fraction of sp³-hybridized carbons (Fsp3) is 0.296. The molecular weight excluding hydrogens is 450 g/mol. The molecule has 35 heavy (non-hydrogen) atoms. The van der Waals surface area contributed by atoms with Crippen LogP contribution >= 0.6 is 0 Å². The van der Waals surface area contributed by atoms with E-state index in [0.717, 1.165) is 22.8 Å². The number of rotatable bonds is 9. The van der Waals surface area contributed by atoms with Crippen LogP contribution in [0.15, 0.2) is 48.5 Å². The Labute approximate surface area is 203 Å². The van der Waals surface area contributed by atoms with E-state index in [1.54, 1.807) is 31.4 Å². The van der Waals surface area contributed by atoms with Crippen LogP contribution in [0.25, 0.3) is 5.69 Å². The van der Waals surface area contributed by atoms with Crippen LogP contribution < -0.4 is 14.2 Å². The molecule has 0 spiro atoms. The van der Waals surface area contributed by atoms with Crippen molar-refractivity contribution in [2.24, 2.45) is 0 Å². The first-order valence-electron chi connectivity index (χ1n) is 11.3. The molecule has 3 aromatic rings. The first-order valence-corrected chi connectivity index (χ1v) is 11.3. The van der Waals surface area contributed by atoms with Gasteiger partial charge < -0.3 is 23.5 Å². The lowest BCUT2D eigenvalue weighted by Gasteiger charge is -2.18. The van der Waals surface area contributed by atoms with Gasteiger partial charge in [0, 0.05) is 34.6 Å². The number of carbonyl (C=O) groups excluding carboxylic acids is 3. The molecule has 182 valence electrons. The molecule has 0 radical (unpaired) electrons. The van der Waals surface area contributed by atoms with Crippen LogP contribution in [0, 0.1) is 13.8 Å². The van der Waals surface area contributed by atoms with Crippen LogP contribution in [0.2, 0.25) is 0 Å². The van der Waals surface area contributed by atoms with Crippen molar-refractivity contribution in [1.82, 2.24) is 4.57 Å². The average molecular weight is 478 g/mol. The predicted molar refractivity (Wildman–Crippen MR) is 128 cm³/mol. The van der Waals surface area contributed by atoms with Crippen molar-refractivity contribution in [3.8, 4) is 22.9 Å². The summed E-state index contributed by atoms with van der Waals surface area (Å²) in [5, 5.41) is 0. The van der Waals surface area contributed by atoms with Crippen LogP contribution in [0.4, 0.5) is 0 Å². The summed E-state index contributed by atoms with van der Waals surface area (Å²) < 4.78 is 23.3. The molecule has 0 saturated carbocycles. The number of ketones is 2. The monoisotopic (exact) mass is 477 g/mol. The molecule has 8 nitrogen and oxygen atoms in total. The van der Waals surface area contributed by atoms with E-state index in [1.165, 1.54) is 0 Å². The van der Waals surface area contributed by atoms with Crippen LogP contribution in [0.5, 0.6) is 17.2 Å². The minimum absolute atomic E-state index is 0.0291. The quantitative estimate of drug-likeness (QED) is 0.336. The lowest BCUT2D eigenvalue weighted by Crippen LogP contribution is -2.16. The Morgan fingerprint density at radius 2 is 1.60 bits per heavy atom. The first-order chi connectivity index (χ1) is 16.9. The van der Waals surface area contributed by atoms with Crippen LogP contribution in [-0.2, 0) is 9.53 Å². The third-order valence-corrected chi connectivity index (χ3v) is 5.85. The second-order valence-electron chi connectivity index (χ2n) is 8.18. The summed E-state index contributed by atoms with van der Waals surface area (Å²) in [5.41, 5.74) is 3.45. The van der Waals surface area contributed by atoms with E-state index < -0.39 is 5.97 Å². The maximum absolute atomic E-state index is 12.8. The highest BCUT2D eigenvalue weighted by Crippen LogP contribution is 2.31. The van der Waals surface area contributed by atoms with Crippen molar-refractivity contribution in [2.45, 2.75) is 26.7 Å². The molecule has 2 aromatic carbocycles. The Morgan fingerprint density at radius 1 is 0.886 bits per heavy atom. The Morgan fingerprint density at radius 3 is 2.31 bits per heavy atom. The van der Waals surface area contributed by atoms with Gasteiger partial charge in [0.2, 0.25) is 5.78 Å². The van der Waals surface area contributed by atoms with E-state index in [4.69, 9.17) is 18.9 Å². The Balaban J connectivity index is 1.32. The van der Waals surface area contributed by atoms with E-state index in [0.29, 0.717) is 35.8 Å². The predicted octanol–water partition coefficient (Wildman–Crippen LogP) is 4.26. The molecule has 4 rings (SSSR count). The number of fused-ring (bicyclic) bond motifs is 1. The van der Waals surface area contributed by atoms with Gasteiger partial charge in [0.15, 0.2) is 23.9 Å². The fourth-order valence-corrected chi connectivity index (χ4v) is 4.05. The smallest absolute Gasteiger partial charge is 0.306 e. The zero-order chi connectivity index (χ0) is 24.9. The van der Waals surface area contributed by atoms with E-state index in [1.807, 2.05) is 42.7 Å². The molecule has 1 aliphatic heterocycles. The molecule has 0 saturated heterocycles. The number of hydrogen-bond acceptors (Lipinski definition) is 7. The number of hydrogen-bond donors (Lipinski definition) is 0. The van der Waals surface area contributed by atoms with Gasteiger partial charge in [0.25, 0.3) is 0 Å². The van der Waals surface area contributed by atoms with Gasteiger partial charge in [0.05, 0.1) is 13.5 Å². The lowest BCUT2D eigenvalue weighted by atomic mass is 10.1. The number of benzene rings is 2. The van der Waals surface area contributed by atoms with Gasteiger partial charge in [-0.2, -0.15) is 0 Å². The standard InChI is InChI=1S/C27H27NO7/c1-17-14-22(18(2)28(17)20-5-7-21(32-3)8-6-20)24(30)16-35-27(31)11-9-23(29)19-4-10-25-26(15-19)34-13-12-33-25/h4-8,10,14-15H,9,11-13,16H2,1-3H3. The minimum Gasteiger partial charge on any atom is -0.497 e. The highest BCUT2D eigenvalue weighted by Gasteiger charge is 2.20. The summed E-state index contributed by atoms with van der Waals surface area (Å²) in [6, 6.07) is 14.2. The lowest BCUT2D eigenvalue weighted by molar-refractivity contribution is -0.142. The van der Waals surface area contributed by atoms with Gasteiger partial charge in [-0.25, -0.2) is 0 Å².